The molecule has 0 fully saturated rings. The number of hydrogen-bond donors (Lipinski definition) is 1. The van der Waals surface area contributed by atoms with Crippen molar-refractivity contribution in [3.63, 3.8) is 0 Å². The fourth-order valence-electron chi connectivity index (χ4n) is 7.26. The number of nitrogens with zero attached hydrogens (tertiary/aromatic N) is 1. The largest absolute Gasteiger partial charge is 0.452 e. The summed E-state index contributed by atoms with van der Waals surface area (Å²) < 4.78 is 24.8. The van der Waals surface area contributed by atoms with E-state index in [1.165, 1.54) is 122 Å². The van der Waals surface area contributed by atoms with Crippen molar-refractivity contribution in [1.29, 1.82) is 0 Å². The third-order valence-corrected chi connectivity index (χ3v) is 11.0. The normalized spacial score (nSPS) is 12.2. The lowest BCUT2D eigenvalue weighted by molar-refractivity contribution is -0.188. The fourth-order valence-corrected chi connectivity index (χ4v) is 7.26. The Kier molecular flexibility index (Phi) is 45.8. The zero-order chi connectivity index (χ0) is 42.3. The van der Waals surface area contributed by atoms with Gasteiger partial charge in [0.1, 0.15) is 0 Å². The van der Waals surface area contributed by atoms with Gasteiger partial charge in [0.25, 0.3) is 0 Å². The molecule has 0 amide bonds. The molecular weight excluding hydrogens is 723 g/mol. The van der Waals surface area contributed by atoms with Gasteiger partial charge in [0, 0.05) is 39.4 Å². The number of hydrogen-bond acceptors (Lipinski definition) is 7. The average Bonchev–Trinajstić information content (AvgIpc) is 3.22. The van der Waals surface area contributed by atoms with E-state index in [0.29, 0.717) is 46.1 Å². The number of carbonyl (C=O) groups excluding carboxylic acids is 1. The monoisotopic (exact) mass is 822 g/mol. The lowest BCUT2D eigenvalue weighted by Crippen LogP contribution is -2.49. The smallest absolute Gasteiger partial charge is 0.306 e. The number of aliphatic hydroxyl groups is 1. The number of aliphatic hydroxyl groups excluding tert-OH is 1. The van der Waals surface area contributed by atoms with Crippen molar-refractivity contribution in [2.45, 2.75) is 232 Å². The van der Waals surface area contributed by atoms with Gasteiger partial charge in [-0.2, -0.15) is 0 Å². The molecule has 0 bridgehead atoms. The van der Waals surface area contributed by atoms with Gasteiger partial charge in [0.05, 0.1) is 19.8 Å². The third-order valence-electron chi connectivity index (χ3n) is 11.0. The average molecular weight is 822 g/mol. The molecule has 0 heterocycles. The molecule has 0 aliphatic carbocycles. The van der Waals surface area contributed by atoms with Gasteiger partial charge in [0.15, 0.2) is 5.60 Å². The van der Waals surface area contributed by atoms with E-state index in [-0.39, 0.29) is 12.6 Å². The Bertz CT molecular complexity index is 838. The lowest BCUT2D eigenvalue weighted by Gasteiger charge is -2.33. The van der Waals surface area contributed by atoms with Crippen LogP contribution in [-0.4, -0.2) is 87.5 Å². The Hall–Kier alpha value is -1.25. The van der Waals surface area contributed by atoms with Crippen LogP contribution in [0.5, 0.6) is 0 Å². The molecule has 0 aromatic carbocycles. The Morgan fingerprint density at radius 3 is 1.31 bits per heavy atom. The molecule has 0 unspecified atom stereocenters. The van der Waals surface area contributed by atoms with Crippen LogP contribution in [0, 0.1) is 0 Å². The molecule has 0 rings (SSSR count). The summed E-state index contributed by atoms with van der Waals surface area (Å²) in [5, 5.41) is 9.46. The zero-order valence-electron chi connectivity index (χ0n) is 39.2. The van der Waals surface area contributed by atoms with Gasteiger partial charge in [-0.25, -0.2) is 0 Å². The summed E-state index contributed by atoms with van der Waals surface area (Å²) in [6.07, 6.45) is 45.0. The van der Waals surface area contributed by atoms with Crippen molar-refractivity contribution in [1.82, 2.24) is 4.90 Å². The minimum Gasteiger partial charge on any atom is -0.452 e. The first-order valence-electron chi connectivity index (χ1n) is 25.2. The van der Waals surface area contributed by atoms with E-state index in [4.69, 9.17) is 18.9 Å². The van der Waals surface area contributed by atoms with Crippen LogP contribution in [0.25, 0.3) is 0 Å². The van der Waals surface area contributed by atoms with Gasteiger partial charge in [-0.1, -0.05) is 168 Å². The highest BCUT2D eigenvalue weighted by molar-refractivity contribution is 5.69. The first-order chi connectivity index (χ1) is 28.6. The molecule has 58 heavy (non-hydrogen) atoms. The fraction of sp³-hybridized carbons (Fsp3) is 0.902. The van der Waals surface area contributed by atoms with Gasteiger partial charge >= 0.3 is 5.97 Å². The molecule has 0 radical (unpaired) electrons. The molecule has 0 aliphatic rings. The quantitative estimate of drug-likeness (QED) is 0.0372. The van der Waals surface area contributed by atoms with Crippen molar-refractivity contribution in [2.75, 3.05) is 65.9 Å². The number of unbranched alkanes of at least 4 members (excludes halogenated alkanes) is 22. The van der Waals surface area contributed by atoms with Gasteiger partial charge in [-0.05, 0) is 90.1 Å². The minimum atomic E-state index is -0.905. The molecule has 7 heteroatoms. The zero-order valence-corrected chi connectivity index (χ0v) is 39.2. The highest BCUT2D eigenvalue weighted by atomic mass is 16.6. The molecule has 344 valence electrons. The van der Waals surface area contributed by atoms with E-state index in [1.54, 1.807) is 0 Å². The topological polar surface area (TPSA) is 77.5 Å². The molecular formula is C51H99NO6. The Morgan fingerprint density at radius 2 is 0.845 bits per heavy atom. The number of esters is 1. The highest BCUT2D eigenvalue weighted by Gasteiger charge is 2.36. The van der Waals surface area contributed by atoms with Crippen LogP contribution < -0.4 is 0 Å². The molecule has 1 N–H and O–H groups in total. The van der Waals surface area contributed by atoms with Crippen LogP contribution in [-0.2, 0) is 23.7 Å². The Labute approximate surface area is 361 Å². The molecule has 0 aliphatic heterocycles. The summed E-state index contributed by atoms with van der Waals surface area (Å²) in [6, 6.07) is 0. The van der Waals surface area contributed by atoms with Crippen molar-refractivity contribution in [3.05, 3.63) is 24.3 Å². The van der Waals surface area contributed by atoms with Crippen LogP contribution in [0.3, 0.4) is 0 Å². The number of ether oxygens (including phenoxy) is 4. The summed E-state index contributed by atoms with van der Waals surface area (Å²) in [5.74, 6) is -0.165. The Morgan fingerprint density at radius 1 is 0.466 bits per heavy atom. The number of rotatable bonds is 48. The van der Waals surface area contributed by atoms with Crippen LogP contribution in [0.2, 0.25) is 0 Å². The highest BCUT2D eigenvalue weighted by Crippen LogP contribution is 2.19. The number of carbonyl (C=O) groups is 1. The van der Waals surface area contributed by atoms with Crippen LogP contribution in [0.4, 0.5) is 0 Å². The van der Waals surface area contributed by atoms with Crippen molar-refractivity contribution in [3.8, 4) is 0 Å². The van der Waals surface area contributed by atoms with E-state index >= 15 is 0 Å². The molecule has 0 saturated carbocycles. The third kappa shape index (κ3) is 40.2. The van der Waals surface area contributed by atoms with Gasteiger partial charge < -0.3 is 29.0 Å². The second-order valence-electron chi connectivity index (χ2n) is 17.0. The van der Waals surface area contributed by atoms with E-state index in [0.717, 1.165) is 90.3 Å². The first kappa shape index (κ1) is 56.8. The molecule has 0 spiro atoms. The SMILES string of the molecule is CCCCC/C=C/C/C=C/CCCCCCCCN(CCCO)CCCCCCCC(=O)OC(COCCCCCC)(COCCCCCC)COCCCCCC. The minimum absolute atomic E-state index is 0.165. The van der Waals surface area contributed by atoms with Crippen molar-refractivity contribution >= 4 is 5.97 Å². The van der Waals surface area contributed by atoms with Crippen LogP contribution >= 0.6 is 0 Å². The number of allylic oxidation sites excluding steroid dienone is 4. The van der Waals surface area contributed by atoms with Crippen molar-refractivity contribution in [2.24, 2.45) is 0 Å². The summed E-state index contributed by atoms with van der Waals surface area (Å²) in [6.45, 7) is 15.3. The lowest BCUT2D eigenvalue weighted by atomic mass is 10.1. The van der Waals surface area contributed by atoms with Gasteiger partial charge in [-0.3, -0.25) is 4.79 Å². The second kappa shape index (κ2) is 46.8. The second-order valence-corrected chi connectivity index (χ2v) is 17.0. The summed E-state index contributed by atoms with van der Waals surface area (Å²) in [5.41, 5.74) is -0.905. The maximum absolute atomic E-state index is 13.3. The van der Waals surface area contributed by atoms with E-state index in [2.05, 4.69) is 56.9 Å². The molecule has 0 saturated heterocycles. The summed E-state index contributed by atoms with van der Waals surface area (Å²) in [7, 11) is 0. The van der Waals surface area contributed by atoms with Crippen molar-refractivity contribution < 1.29 is 28.8 Å². The Balaban J connectivity index is 4.59. The van der Waals surface area contributed by atoms with E-state index < -0.39 is 5.60 Å². The predicted octanol–water partition coefficient (Wildman–Crippen LogP) is 13.9. The van der Waals surface area contributed by atoms with E-state index in [1.807, 2.05) is 0 Å². The summed E-state index contributed by atoms with van der Waals surface area (Å²) in [4.78, 5) is 15.9. The standard InChI is InChI=1S/C51H99NO6/c1-5-9-13-17-18-19-20-21-22-23-24-25-26-27-30-33-40-52(42-38-43-53)41-34-31-28-29-32-39-50(54)58-51(47-55-44-35-14-10-6-2,48-56-45-36-15-11-7-3)49-57-46-37-16-12-8-4/h18-19,21-22,53H,5-17,20,23-49H2,1-4H3/b19-18+,22-21+. The molecule has 0 atom stereocenters. The molecule has 0 aromatic rings. The molecule has 0 aromatic heterocycles. The van der Waals surface area contributed by atoms with Gasteiger partial charge in [-0.15, -0.1) is 0 Å². The molecule has 7 nitrogen and oxygen atoms in total. The van der Waals surface area contributed by atoms with Crippen LogP contribution in [0.15, 0.2) is 24.3 Å². The predicted molar refractivity (Wildman–Crippen MR) is 249 cm³/mol. The van der Waals surface area contributed by atoms with E-state index in [9.17, 15) is 9.90 Å². The maximum Gasteiger partial charge on any atom is 0.306 e. The van der Waals surface area contributed by atoms with Crippen LogP contribution in [0.1, 0.15) is 227 Å². The van der Waals surface area contributed by atoms with Gasteiger partial charge in [0.2, 0.25) is 0 Å². The maximum atomic E-state index is 13.3. The first-order valence-corrected chi connectivity index (χ1v) is 25.2. The summed E-state index contributed by atoms with van der Waals surface area (Å²) >= 11 is 0.